The SMILES string of the molecule is Cc1cc(C)n(-c2c(Cl)nnc(C)c2-c2ccc(Cl)cc2)n1. The van der Waals surface area contributed by atoms with Gasteiger partial charge in [0.1, 0.15) is 5.69 Å². The molecular formula is C16H14Cl2N4. The molecule has 3 aromatic rings. The van der Waals surface area contributed by atoms with Crippen LogP contribution in [0.25, 0.3) is 16.8 Å². The summed E-state index contributed by atoms with van der Waals surface area (Å²) in [6, 6.07) is 9.57. The highest BCUT2D eigenvalue weighted by Crippen LogP contribution is 2.34. The average molecular weight is 333 g/mol. The Bertz CT molecular complexity index is 838. The van der Waals surface area contributed by atoms with Crippen molar-refractivity contribution >= 4 is 23.2 Å². The normalized spacial score (nSPS) is 11.0. The smallest absolute Gasteiger partial charge is 0.178 e. The molecule has 0 aliphatic carbocycles. The Morgan fingerprint density at radius 2 is 1.64 bits per heavy atom. The van der Waals surface area contributed by atoms with Crippen molar-refractivity contribution in [1.82, 2.24) is 20.0 Å². The zero-order valence-corrected chi connectivity index (χ0v) is 13.9. The van der Waals surface area contributed by atoms with Crippen molar-refractivity contribution < 1.29 is 0 Å². The Hall–Kier alpha value is -1.91. The minimum absolute atomic E-state index is 0.321. The highest BCUT2D eigenvalue weighted by molar-refractivity contribution is 6.32. The third kappa shape index (κ3) is 2.60. The van der Waals surface area contributed by atoms with Gasteiger partial charge in [0.2, 0.25) is 0 Å². The molecule has 0 fully saturated rings. The third-order valence-corrected chi connectivity index (χ3v) is 3.94. The largest absolute Gasteiger partial charge is 0.234 e. The molecule has 0 amide bonds. The molecular weight excluding hydrogens is 319 g/mol. The molecule has 112 valence electrons. The monoisotopic (exact) mass is 332 g/mol. The van der Waals surface area contributed by atoms with Crippen LogP contribution >= 0.6 is 23.2 Å². The molecule has 0 saturated heterocycles. The Balaban J connectivity index is 2.32. The minimum atomic E-state index is 0.321. The zero-order valence-electron chi connectivity index (χ0n) is 12.4. The molecule has 2 aromatic heterocycles. The molecule has 0 unspecified atom stereocenters. The lowest BCUT2D eigenvalue weighted by Crippen LogP contribution is -2.07. The number of aromatic nitrogens is 4. The van der Waals surface area contributed by atoms with Gasteiger partial charge in [0.15, 0.2) is 5.15 Å². The van der Waals surface area contributed by atoms with Gasteiger partial charge in [-0.3, -0.25) is 0 Å². The maximum absolute atomic E-state index is 6.34. The summed E-state index contributed by atoms with van der Waals surface area (Å²) in [5, 5.41) is 13.7. The lowest BCUT2D eigenvalue weighted by molar-refractivity contribution is 0.816. The summed E-state index contributed by atoms with van der Waals surface area (Å²) in [5.74, 6) is 0. The molecule has 0 aliphatic heterocycles. The Kier molecular flexibility index (Phi) is 3.89. The van der Waals surface area contributed by atoms with Gasteiger partial charge < -0.3 is 0 Å². The molecule has 0 spiro atoms. The van der Waals surface area contributed by atoms with E-state index in [9.17, 15) is 0 Å². The number of hydrogen-bond acceptors (Lipinski definition) is 3. The maximum atomic E-state index is 6.34. The third-order valence-electron chi connectivity index (χ3n) is 3.44. The molecule has 0 saturated carbocycles. The van der Waals surface area contributed by atoms with Crippen LogP contribution in [0.5, 0.6) is 0 Å². The Morgan fingerprint density at radius 1 is 0.955 bits per heavy atom. The van der Waals surface area contributed by atoms with Crippen LogP contribution in [0, 0.1) is 20.8 Å². The van der Waals surface area contributed by atoms with Crippen LogP contribution in [-0.4, -0.2) is 20.0 Å². The molecule has 3 rings (SSSR count). The van der Waals surface area contributed by atoms with E-state index in [2.05, 4.69) is 15.3 Å². The van der Waals surface area contributed by atoms with Crippen LogP contribution in [0.3, 0.4) is 0 Å². The second-order valence-corrected chi connectivity index (χ2v) is 5.94. The first-order valence-electron chi connectivity index (χ1n) is 6.79. The van der Waals surface area contributed by atoms with Gasteiger partial charge in [-0.25, -0.2) is 4.68 Å². The van der Waals surface area contributed by atoms with E-state index in [1.54, 1.807) is 0 Å². The summed E-state index contributed by atoms with van der Waals surface area (Å²) in [7, 11) is 0. The van der Waals surface area contributed by atoms with Gasteiger partial charge in [0, 0.05) is 16.3 Å². The van der Waals surface area contributed by atoms with Crippen molar-refractivity contribution in [3.8, 4) is 16.8 Å². The quantitative estimate of drug-likeness (QED) is 0.690. The first-order chi connectivity index (χ1) is 10.5. The molecule has 4 nitrogen and oxygen atoms in total. The van der Waals surface area contributed by atoms with Gasteiger partial charge in [-0.05, 0) is 44.5 Å². The van der Waals surface area contributed by atoms with Crippen LogP contribution in [0.15, 0.2) is 30.3 Å². The number of nitrogens with zero attached hydrogens (tertiary/aromatic N) is 4. The summed E-state index contributed by atoms with van der Waals surface area (Å²) in [5.41, 5.74) is 5.31. The molecule has 0 N–H and O–H groups in total. The van der Waals surface area contributed by atoms with Crippen molar-refractivity contribution in [2.45, 2.75) is 20.8 Å². The fraction of sp³-hybridized carbons (Fsp3) is 0.188. The van der Waals surface area contributed by atoms with Crippen LogP contribution in [-0.2, 0) is 0 Å². The van der Waals surface area contributed by atoms with Crippen molar-refractivity contribution in [3.05, 3.63) is 57.6 Å². The van der Waals surface area contributed by atoms with Crippen molar-refractivity contribution in [2.24, 2.45) is 0 Å². The Morgan fingerprint density at radius 3 is 2.23 bits per heavy atom. The van der Waals surface area contributed by atoms with Gasteiger partial charge in [-0.1, -0.05) is 35.3 Å². The molecule has 1 aromatic carbocycles. The molecule has 22 heavy (non-hydrogen) atoms. The number of rotatable bonds is 2. The van der Waals surface area contributed by atoms with Gasteiger partial charge >= 0.3 is 0 Å². The van der Waals surface area contributed by atoms with E-state index in [-0.39, 0.29) is 0 Å². The summed E-state index contributed by atoms with van der Waals surface area (Å²) < 4.78 is 1.81. The van der Waals surface area contributed by atoms with E-state index in [1.165, 1.54) is 0 Å². The maximum Gasteiger partial charge on any atom is 0.178 e. The van der Waals surface area contributed by atoms with Gasteiger partial charge in [0.25, 0.3) is 0 Å². The molecule has 0 aliphatic rings. The summed E-state index contributed by atoms with van der Waals surface area (Å²) >= 11 is 12.3. The Labute approximate surface area is 138 Å². The van der Waals surface area contributed by atoms with Crippen molar-refractivity contribution in [1.29, 1.82) is 0 Å². The summed E-state index contributed by atoms with van der Waals surface area (Å²) in [6.45, 7) is 5.83. The van der Waals surface area contributed by atoms with Gasteiger partial charge in [-0.15, -0.1) is 5.10 Å². The first-order valence-corrected chi connectivity index (χ1v) is 7.55. The van der Waals surface area contributed by atoms with Crippen LogP contribution < -0.4 is 0 Å². The number of hydrogen-bond donors (Lipinski definition) is 0. The van der Waals surface area contributed by atoms with Crippen LogP contribution in [0.1, 0.15) is 17.1 Å². The van der Waals surface area contributed by atoms with Gasteiger partial charge in [-0.2, -0.15) is 10.2 Å². The van der Waals surface area contributed by atoms with Crippen LogP contribution in [0.2, 0.25) is 10.2 Å². The number of benzene rings is 1. The van der Waals surface area contributed by atoms with E-state index in [1.807, 2.05) is 55.8 Å². The number of aryl methyl sites for hydroxylation is 3. The van der Waals surface area contributed by atoms with E-state index < -0.39 is 0 Å². The van der Waals surface area contributed by atoms with E-state index >= 15 is 0 Å². The first kappa shape index (κ1) is 15.0. The molecule has 0 atom stereocenters. The van der Waals surface area contributed by atoms with Crippen LogP contribution in [0.4, 0.5) is 0 Å². The standard InChI is InChI=1S/C16H14Cl2N4/c1-9-8-10(2)22(21-9)15-14(11(3)19-20-16(15)18)12-4-6-13(17)7-5-12/h4-8H,1-3H3. The van der Waals surface area contributed by atoms with Crippen molar-refractivity contribution in [2.75, 3.05) is 0 Å². The van der Waals surface area contributed by atoms with Crippen molar-refractivity contribution in [3.63, 3.8) is 0 Å². The highest BCUT2D eigenvalue weighted by Gasteiger charge is 2.19. The zero-order chi connectivity index (χ0) is 15.9. The second-order valence-electron chi connectivity index (χ2n) is 5.15. The molecule has 0 bridgehead atoms. The second kappa shape index (κ2) is 5.71. The van der Waals surface area contributed by atoms with E-state index in [0.717, 1.165) is 33.9 Å². The molecule has 6 heteroatoms. The summed E-state index contributed by atoms with van der Waals surface area (Å²) in [4.78, 5) is 0. The minimum Gasteiger partial charge on any atom is -0.234 e. The fourth-order valence-corrected chi connectivity index (χ4v) is 2.84. The predicted octanol–water partition coefficient (Wildman–Crippen LogP) is 4.56. The van der Waals surface area contributed by atoms with Gasteiger partial charge in [0.05, 0.1) is 11.4 Å². The lowest BCUT2D eigenvalue weighted by Gasteiger charge is -2.14. The lowest BCUT2D eigenvalue weighted by atomic mass is 10.0. The van der Waals surface area contributed by atoms with E-state index in [0.29, 0.717) is 10.2 Å². The predicted molar refractivity (Wildman–Crippen MR) is 88.8 cm³/mol. The molecule has 0 radical (unpaired) electrons. The topological polar surface area (TPSA) is 43.6 Å². The summed E-state index contributed by atoms with van der Waals surface area (Å²) in [6.07, 6.45) is 0. The fourth-order valence-electron chi connectivity index (χ4n) is 2.50. The number of halogens is 2. The molecule has 2 heterocycles. The van der Waals surface area contributed by atoms with E-state index in [4.69, 9.17) is 23.2 Å². The highest BCUT2D eigenvalue weighted by atomic mass is 35.5. The average Bonchev–Trinajstić information content (AvgIpc) is 2.81.